The number of hydrogen-bond donors (Lipinski definition) is 0. The van der Waals surface area contributed by atoms with Crippen molar-refractivity contribution in [2.75, 3.05) is 7.11 Å². The third kappa shape index (κ3) is 3.92. The third-order valence-electron chi connectivity index (χ3n) is 1.86. The second-order valence-corrected chi connectivity index (χ2v) is 2.94. The van der Waals surface area contributed by atoms with E-state index in [0.717, 1.165) is 5.56 Å². The van der Waals surface area contributed by atoms with Crippen LogP contribution >= 0.6 is 0 Å². The Balaban J connectivity index is 0.000000280. The van der Waals surface area contributed by atoms with Crippen molar-refractivity contribution in [3.8, 4) is 11.1 Å². The Hall–Kier alpha value is -2.16. The number of carbonyl (C=O) groups is 1. The summed E-state index contributed by atoms with van der Waals surface area (Å²) in [4.78, 5) is 13.0. The van der Waals surface area contributed by atoms with Gasteiger partial charge in [0, 0.05) is 12.4 Å². The Morgan fingerprint density at radius 2 is 1.69 bits per heavy atom. The van der Waals surface area contributed by atoms with Crippen LogP contribution in [0.25, 0.3) is 11.1 Å². The number of rotatable bonds is 2. The van der Waals surface area contributed by atoms with Gasteiger partial charge in [-0.05, 0) is 17.2 Å². The van der Waals surface area contributed by atoms with E-state index < -0.39 is 0 Å². The summed E-state index contributed by atoms with van der Waals surface area (Å²) in [5, 5.41) is 0. The van der Waals surface area contributed by atoms with Crippen LogP contribution < -0.4 is 0 Å². The number of pyridine rings is 1. The first-order valence-electron chi connectivity index (χ1n) is 4.80. The van der Waals surface area contributed by atoms with Crippen LogP contribution in [0.15, 0.2) is 54.9 Å². The minimum absolute atomic E-state index is 0.375. The lowest BCUT2D eigenvalue weighted by Gasteiger charge is -1.97. The van der Waals surface area contributed by atoms with Crippen LogP contribution in [0.2, 0.25) is 0 Å². The second-order valence-electron chi connectivity index (χ2n) is 2.94. The summed E-state index contributed by atoms with van der Waals surface area (Å²) >= 11 is 0. The zero-order chi connectivity index (χ0) is 11.6. The Morgan fingerprint density at radius 1 is 1.06 bits per heavy atom. The van der Waals surface area contributed by atoms with Gasteiger partial charge in [0.2, 0.25) is 0 Å². The molecule has 0 atom stereocenters. The highest BCUT2D eigenvalue weighted by Crippen LogP contribution is 2.16. The van der Waals surface area contributed by atoms with Crippen LogP contribution in [-0.2, 0) is 9.53 Å². The fourth-order valence-corrected chi connectivity index (χ4v) is 1.16. The van der Waals surface area contributed by atoms with Crippen LogP contribution in [0.3, 0.4) is 0 Å². The molecule has 1 aromatic heterocycles. The highest BCUT2D eigenvalue weighted by atomic mass is 16.5. The summed E-state index contributed by atoms with van der Waals surface area (Å²) in [6, 6.07) is 14.2. The van der Waals surface area contributed by atoms with Crippen LogP contribution in [0, 0.1) is 0 Å². The van der Waals surface area contributed by atoms with Crippen molar-refractivity contribution in [2.45, 2.75) is 0 Å². The molecule has 1 heterocycles. The van der Waals surface area contributed by atoms with E-state index in [1.54, 1.807) is 6.20 Å². The van der Waals surface area contributed by atoms with Crippen LogP contribution in [0.4, 0.5) is 0 Å². The number of aromatic nitrogens is 1. The lowest BCUT2D eigenvalue weighted by Crippen LogP contribution is -1.76. The molecule has 0 radical (unpaired) electrons. The third-order valence-corrected chi connectivity index (χ3v) is 1.86. The van der Waals surface area contributed by atoms with Gasteiger partial charge in [-0.15, -0.1) is 0 Å². The van der Waals surface area contributed by atoms with Gasteiger partial charge in [-0.1, -0.05) is 36.4 Å². The number of benzene rings is 1. The fourth-order valence-electron chi connectivity index (χ4n) is 1.16. The summed E-state index contributed by atoms with van der Waals surface area (Å²) in [6.07, 6.45) is 3.65. The van der Waals surface area contributed by atoms with Crippen molar-refractivity contribution in [3.63, 3.8) is 0 Å². The monoisotopic (exact) mass is 215 g/mol. The molecule has 16 heavy (non-hydrogen) atoms. The molecule has 0 spiro atoms. The molecule has 82 valence electrons. The largest absolute Gasteiger partial charge is 0.471 e. The molecule has 3 nitrogen and oxygen atoms in total. The minimum atomic E-state index is 0.375. The summed E-state index contributed by atoms with van der Waals surface area (Å²) in [6.45, 7) is 0.375. The van der Waals surface area contributed by atoms with Crippen molar-refractivity contribution in [3.05, 3.63) is 54.9 Å². The first-order chi connectivity index (χ1) is 7.88. The molecule has 0 unspecified atom stereocenters. The molecular formula is C13H13NO2. The molecule has 3 heteroatoms. The van der Waals surface area contributed by atoms with E-state index in [1.165, 1.54) is 12.7 Å². The smallest absolute Gasteiger partial charge is 0.292 e. The zero-order valence-corrected chi connectivity index (χ0v) is 9.04. The topological polar surface area (TPSA) is 39.2 Å². The molecule has 0 fully saturated rings. The molecule has 0 aliphatic rings. The molecule has 0 saturated carbocycles. The van der Waals surface area contributed by atoms with Gasteiger partial charge in [-0.3, -0.25) is 9.78 Å². The lowest BCUT2D eigenvalue weighted by atomic mass is 10.1. The van der Waals surface area contributed by atoms with E-state index in [0.29, 0.717) is 6.47 Å². The van der Waals surface area contributed by atoms with Gasteiger partial charge in [0.25, 0.3) is 6.47 Å². The van der Waals surface area contributed by atoms with Gasteiger partial charge >= 0.3 is 0 Å². The summed E-state index contributed by atoms with van der Waals surface area (Å²) in [7, 11) is 1.31. The van der Waals surface area contributed by atoms with Crippen molar-refractivity contribution in [1.82, 2.24) is 4.98 Å². The Bertz CT molecular complexity index is 363. The first-order valence-corrected chi connectivity index (χ1v) is 4.80. The Kier molecular flexibility index (Phi) is 5.34. The molecule has 0 amide bonds. The molecule has 0 aliphatic carbocycles. The van der Waals surface area contributed by atoms with Gasteiger partial charge in [-0.25, -0.2) is 0 Å². The standard InChI is InChI=1S/C11H9N.C2H4O2/c1-2-5-10(6-3-1)11-7-4-8-12-9-11;1-4-2-3/h1-9H;2H,1H3. The highest BCUT2D eigenvalue weighted by Gasteiger charge is 1.92. The Morgan fingerprint density at radius 3 is 2.19 bits per heavy atom. The quantitative estimate of drug-likeness (QED) is 0.723. The molecule has 2 rings (SSSR count). The van der Waals surface area contributed by atoms with Crippen molar-refractivity contribution in [2.24, 2.45) is 0 Å². The maximum Gasteiger partial charge on any atom is 0.292 e. The van der Waals surface area contributed by atoms with Gasteiger partial charge in [-0.2, -0.15) is 0 Å². The molecule has 0 saturated heterocycles. The van der Waals surface area contributed by atoms with Crippen molar-refractivity contribution >= 4 is 6.47 Å². The Labute approximate surface area is 94.7 Å². The first kappa shape index (κ1) is 11.9. The summed E-state index contributed by atoms with van der Waals surface area (Å²) < 4.78 is 3.86. The molecule has 0 N–H and O–H groups in total. The fraction of sp³-hybridized carbons (Fsp3) is 0.0769. The SMILES string of the molecule is COC=O.c1ccc(-c2cccnc2)cc1. The van der Waals surface area contributed by atoms with E-state index in [9.17, 15) is 0 Å². The average Bonchev–Trinajstić information content (AvgIpc) is 2.41. The lowest BCUT2D eigenvalue weighted by molar-refractivity contribution is -0.126. The molecular weight excluding hydrogens is 202 g/mol. The molecule has 2 aromatic rings. The number of methoxy groups -OCH3 is 1. The minimum Gasteiger partial charge on any atom is -0.471 e. The van der Waals surface area contributed by atoms with Gasteiger partial charge in [0.1, 0.15) is 0 Å². The predicted molar refractivity (Wildman–Crippen MR) is 62.7 cm³/mol. The summed E-state index contributed by atoms with van der Waals surface area (Å²) in [5.74, 6) is 0. The van der Waals surface area contributed by atoms with Crippen molar-refractivity contribution in [1.29, 1.82) is 0 Å². The van der Waals surface area contributed by atoms with Crippen LogP contribution in [0.5, 0.6) is 0 Å². The number of hydrogen-bond acceptors (Lipinski definition) is 3. The predicted octanol–water partition coefficient (Wildman–Crippen LogP) is 2.54. The zero-order valence-electron chi connectivity index (χ0n) is 9.04. The van der Waals surface area contributed by atoms with E-state index in [-0.39, 0.29) is 0 Å². The molecule has 0 bridgehead atoms. The molecule has 1 aromatic carbocycles. The van der Waals surface area contributed by atoms with E-state index in [1.807, 2.05) is 30.5 Å². The van der Waals surface area contributed by atoms with E-state index >= 15 is 0 Å². The average molecular weight is 215 g/mol. The summed E-state index contributed by atoms with van der Waals surface area (Å²) in [5.41, 5.74) is 2.38. The van der Waals surface area contributed by atoms with E-state index in [4.69, 9.17) is 4.79 Å². The van der Waals surface area contributed by atoms with Gasteiger partial charge < -0.3 is 4.74 Å². The number of nitrogens with zero attached hydrogens (tertiary/aromatic N) is 1. The van der Waals surface area contributed by atoms with Gasteiger partial charge in [0.05, 0.1) is 7.11 Å². The van der Waals surface area contributed by atoms with E-state index in [2.05, 4.69) is 27.9 Å². The van der Waals surface area contributed by atoms with Crippen LogP contribution in [0.1, 0.15) is 0 Å². The number of ether oxygens (including phenoxy) is 1. The number of carbonyl (C=O) groups excluding carboxylic acids is 1. The highest BCUT2D eigenvalue weighted by molar-refractivity contribution is 5.61. The van der Waals surface area contributed by atoms with Crippen LogP contribution in [-0.4, -0.2) is 18.6 Å². The maximum atomic E-state index is 8.95. The maximum absolute atomic E-state index is 8.95. The normalized spacial score (nSPS) is 8.56. The van der Waals surface area contributed by atoms with Crippen molar-refractivity contribution < 1.29 is 9.53 Å². The molecule has 0 aliphatic heterocycles. The second kappa shape index (κ2) is 7.17. The van der Waals surface area contributed by atoms with Gasteiger partial charge in [0.15, 0.2) is 0 Å².